The molecule has 1 amide bonds. The number of hydrogen-bond donors (Lipinski definition) is 1. The van der Waals surface area contributed by atoms with Gasteiger partial charge in [0.1, 0.15) is 0 Å². The van der Waals surface area contributed by atoms with E-state index >= 15 is 0 Å². The summed E-state index contributed by atoms with van der Waals surface area (Å²) >= 11 is 19.7. The lowest BCUT2D eigenvalue weighted by Gasteiger charge is -2.20. The number of amides is 1. The van der Waals surface area contributed by atoms with Crippen LogP contribution in [0.25, 0.3) is 0 Å². The van der Waals surface area contributed by atoms with Crippen molar-refractivity contribution in [3.63, 3.8) is 0 Å². The molecule has 0 radical (unpaired) electrons. The summed E-state index contributed by atoms with van der Waals surface area (Å²) in [7, 11) is 1.91. The predicted octanol–water partition coefficient (Wildman–Crippen LogP) is 6.58. The lowest BCUT2D eigenvalue weighted by atomic mass is 10.0. The summed E-state index contributed by atoms with van der Waals surface area (Å²) in [5.74, 6) is 1.51. The van der Waals surface area contributed by atoms with Crippen LogP contribution < -0.4 is 5.32 Å². The van der Waals surface area contributed by atoms with E-state index in [1.165, 1.54) is 0 Å². The van der Waals surface area contributed by atoms with E-state index in [-0.39, 0.29) is 11.9 Å². The lowest BCUT2D eigenvalue weighted by Crippen LogP contribution is -2.31. The summed E-state index contributed by atoms with van der Waals surface area (Å²) in [6.45, 7) is 4.20. The van der Waals surface area contributed by atoms with Gasteiger partial charge in [-0.25, -0.2) is 0 Å². The SMILES string of the molecule is CC(C)C[C@@H](NC(=O)c1ccc(Cl)cc1Cl)c1nnc(SCc2ccc(Cl)cc2)n1C. The van der Waals surface area contributed by atoms with Crippen LogP contribution in [0.2, 0.25) is 15.1 Å². The molecular weight excluding hydrogens is 475 g/mol. The Balaban J connectivity index is 1.77. The molecule has 0 bridgehead atoms. The van der Waals surface area contributed by atoms with Crippen molar-refractivity contribution in [3.8, 4) is 0 Å². The van der Waals surface area contributed by atoms with Crippen molar-refractivity contribution in [2.75, 3.05) is 0 Å². The Hall–Kier alpha value is -1.73. The van der Waals surface area contributed by atoms with Crippen LogP contribution in [0, 0.1) is 5.92 Å². The summed E-state index contributed by atoms with van der Waals surface area (Å²) in [6, 6.07) is 12.2. The van der Waals surface area contributed by atoms with Gasteiger partial charge in [0, 0.05) is 22.8 Å². The largest absolute Gasteiger partial charge is 0.342 e. The van der Waals surface area contributed by atoms with E-state index < -0.39 is 0 Å². The van der Waals surface area contributed by atoms with Crippen LogP contribution in [0.3, 0.4) is 0 Å². The van der Waals surface area contributed by atoms with Crippen molar-refractivity contribution in [3.05, 3.63) is 74.5 Å². The van der Waals surface area contributed by atoms with Gasteiger partial charge >= 0.3 is 0 Å². The first-order valence-electron chi connectivity index (χ1n) is 9.77. The highest BCUT2D eigenvalue weighted by molar-refractivity contribution is 7.98. The van der Waals surface area contributed by atoms with Crippen LogP contribution in [-0.4, -0.2) is 20.7 Å². The topological polar surface area (TPSA) is 59.8 Å². The number of hydrogen-bond acceptors (Lipinski definition) is 4. The van der Waals surface area contributed by atoms with Gasteiger partial charge in [-0.05, 0) is 48.2 Å². The molecule has 0 unspecified atom stereocenters. The van der Waals surface area contributed by atoms with Crippen LogP contribution in [0.4, 0.5) is 0 Å². The number of rotatable bonds is 8. The third-order valence-electron chi connectivity index (χ3n) is 4.65. The van der Waals surface area contributed by atoms with Crippen molar-refractivity contribution >= 4 is 52.5 Å². The number of halogens is 3. The molecule has 164 valence electrons. The quantitative estimate of drug-likeness (QED) is 0.357. The summed E-state index contributed by atoms with van der Waals surface area (Å²) < 4.78 is 1.93. The fourth-order valence-corrected chi connectivity index (χ4v) is 4.59. The second-order valence-electron chi connectivity index (χ2n) is 7.59. The Labute approximate surface area is 201 Å². The van der Waals surface area contributed by atoms with E-state index in [0.29, 0.717) is 38.8 Å². The number of nitrogens with zero attached hydrogens (tertiary/aromatic N) is 3. The summed E-state index contributed by atoms with van der Waals surface area (Å²) in [5, 5.41) is 14.1. The van der Waals surface area contributed by atoms with Gasteiger partial charge in [-0.15, -0.1) is 10.2 Å². The molecule has 0 spiro atoms. The van der Waals surface area contributed by atoms with E-state index in [2.05, 4.69) is 29.4 Å². The van der Waals surface area contributed by atoms with Crippen molar-refractivity contribution < 1.29 is 4.79 Å². The highest BCUT2D eigenvalue weighted by Crippen LogP contribution is 2.27. The number of benzene rings is 2. The third kappa shape index (κ3) is 6.39. The number of carbonyl (C=O) groups is 1. The van der Waals surface area contributed by atoms with E-state index in [0.717, 1.165) is 16.5 Å². The maximum atomic E-state index is 12.9. The molecule has 3 aromatic rings. The highest BCUT2D eigenvalue weighted by atomic mass is 35.5. The predicted molar refractivity (Wildman–Crippen MR) is 128 cm³/mol. The van der Waals surface area contributed by atoms with Crippen LogP contribution in [0.1, 0.15) is 48.1 Å². The minimum atomic E-state index is -0.304. The third-order valence-corrected chi connectivity index (χ3v) is 6.54. The Morgan fingerprint density at radius 3 is 2.39 bits per heavy atom. The van der Waals surface area contributed by atoms with Crippen molar-refractivity contribution in [2.45, 2.75) is 37.2 Å². The summed E-state index contributed by atoms with van der Waals surface area (Å²) in [5.41, 5.74) is 1.52. The smallest absolute Gasteiger partial charge is 0.253 e. The molecule has 0 saturated carbocycles. The Kier molecular flexibility index (Phi) is 8.28. The van der Waals surface area contributed by atoms with Crippen molar-refractivity contribution in [1.29, 1.82) is 0 Å². The van der Waals surface area contributed by atoms with Crippen molar-refractivity contribution in [1.82, 2.24) is 20.1 Å². The summed E-state index contributed by atoms with van der Waals surface area (Å²) in [6.07, 6.45) is 0.713. The highest BCUT2D eigenvalue weighted by Gasteiger charge is 2.24. The van der Waals surface area contributed by atoms with Gasteiger partial charge in [0.2, 0.25) is 0 Å². The van der Waals surface area contributed by atoms with E-state index in [1.54, 1.807) is 30.0 Å². The second kappa shape index (κ2) is 10.7. The number of nitrogens with one attached hydrogen (secondary N) is 1. The fourth-order valence-electron chi connectivity index (χ4n) is 3.09. The molecule has 0 aliphatic rings. The molecule has 0 fully saturated rings. The average Bonchev–Trinajstić information content (AvgIpc) is 3.07. The Morgan fingerprint density at radius 1 is 1.06 bits per heavy atom. The van der Waals surface area contributed by atoms with Gasteiger partial charge < -0.3 is 9.88 Å². The van der Waals surface area contributed by atoms with Crippen LogP contribution in [-0.2, 0) is 12.8 Å². The first-order valence-corrected chi connectivity index (χ1v) is 11.9. The van der Waals surface area contributed by atoms with Crippen LogP contribution in [0.5, 0.6) is 0 Å². The molecule has 1 atom stereocenters. The van der Waals surface area contributed by atoms with Gasteiger partial charge in [-0.3, -0.25) is 4.79 Å². The number of carbonyl (C=O) groups excluding carboxylic acids is 1. The van der Waals surface area contributed by atoms with E-state index in [1.807, 2.05) is 35.9 Å². The molecule has 0 saturated heterocycles. The monoisotopic (exact) mass is 496 g/mol. The molecule has 0 aliphatic carbocycles. The molecule has 5 nitrogen and oxygen atoms in total. The second-order valence-corrected chi connectivity index (χ2v) is 9.82. The van der Waals surface area contributed by atoms with Crippen molar-refractivity contribution in [2.24, 2.45) is 13.0 Å². The van der Waals surface area contributed by atoms with Gasteiger partial charge in [0.25, 0.3) is 5.91 Å². The molecule has 0 aliphatic heterocycles. The molecule has 31 heavy (non-hydrogen) atoms. The zero-order chi connectivity index (χ0) is 22.5. The minimum absolute atomic E-state index is 0.273. The molecule has 1 N–H and O–H groups in total. The van der Waals surface area contributed by atoms with E-state index in [9.17, 15) is 4.79 Å². The zero-order valence-corrected chi connectivity index (χ0v) is 20.5. The average molecular weight is 498 g/mol. The summed E-state index contributed by atoms with van der Waals surface area (Å²) in [4.78, 5) is 12.9. The lowest BCUT2D eigenvalue weighted by molar-refractivity contribution is 0.0929. The normalized spacial score (nSPS) is 12.2. The molecule has 9 heteroatoms. The van der Waals surface area contributed by atoms with Gasteiger partial charge in [-0.1, -0.05) is 72.5 Å². The standard InChI is InChI=1S/C22H23Cl3N4OS/c1-13(2)10-19(26-21(30)17-9-8-16(24)11-18(17)25)20-27-28-22(29(20)3)31-12-14-4-6-15(23)7-5-14/h4-9,11,13,19H,10,12H2,1-3H3,(H,26,30)/t19-/m1/s1. The minimum Gasteiger partial charge on any atom is -0.342 e. The van der Waals surface area contributed by atoms with E-state index in [4.69, 9.17) is 34.8 Å². The van der Waals surface area contributed by atoms with Gasteiger partial charge in [0.15, 0.2) is 11.0 Å². The molecule has 1 heterocycles. The number of aromatic nitrogens is 3. The van der Waals surface area contributed by atoms with Crippen LogP contribution in [0.15, 0.2) is 47.6 Å². The Morgan fingerprint density at radius 2 is 1.74 bits per heavy atom. The Bertz CT molecular complexity index is 1050. The maximum absolute atomic E-state index is 12.9. The maximum Gasteiger partial charge on any atom is 0.253 e. The molecular formula is C22H23Cl3N4OS. The van der Waals surface area contributed by atoms with Gasteiger partial charge in [0.05, 0.1) is 16.6 Å². The number of thioether (sulfide) groups is 1. The van der Waals surface area contributed by atoms with Gasteiger partial charge in [-0.2, -0.15) is 0 Å². The first kappa shape index (κ1) is 23.9. The fraction of sp³-hybridized carbons (Fsp3) is 0.318. The zero-order valence-electron chi connectivity index (χ0n) is 17.4. The molecule has 2 aromatic carbocycles. The van der Waals surface area contributed by atoms with Crippen LogP contribution >= 0.6 is 46.6 Å². The molecule has 1 aromatic heterocycles. The first-order chi connectivity index (χ1) is 14.7. The molecule has 3 rings (SSSR count).